The van der Waals surface area contributed by atoms with Gasteiger partial charge < -0.3 is 0 Å². The van der Waals surface area contributed by atoms with E-state index < -0.39 is 0 Å². The van der Waals surface area contributed by atoms with Gasteiger partial charge in [0, 0.05) is 12.8 Å². The zero-order valence-electron chi connectivity index (χ0n) is 6.97. The highest BCUT2D eigenvalue weighted by Crippen LogP contribution is 2.40. The molecule has 1 spiro atoms. The van der Waals surface area contributed by atoms with Crippen LogP contribution < -0.4 is 0 Å². The van der Waals surface area contributed by atoms with Crippen molar-refractivity contribution >= 4 is 0 Å². The molecule has 2 heteroatoms. The highest BCUT2D eigenvalue weighted by molar-refractivity contribution is 4.75. The summed E-state index contributed by atoms with van der Waals surface area (Å²) < 4.78 is 0. The monoisotopic (exact) mass is 156 g/mol. The number of hydrogen-bond acceptors (Lipinski definition) is 2. The lowest BCUT2D eigenvalue weighted by Crippen LogP contribution is -2.08. The first-order chi connectivity index (χ1) is 5.41. The molecule has 64 valence electrons. The number of hydrogen-bond donors (Lipinski definition) is 0. The average molecular weight is 156 g/mol. The molecule has 0 aromatic carbocycles. The summed E-state index contributed by atoms with van der Waals surface area (Å²) in [6.45, 7) is 0. The second-order valence-electron chi connectivity index (χ2n) is 3.70. The van der Waals surface area contributed by atoms with Gasteiger partial charge in [0.05, 0.1) is 0 Å². The summed E-state index contributed by atoms with van der Waals surface area (Å²) in [5.74, 6) is -0.107. The van der Waals surface area contributed by atoms with E-state index in [2.05, 4.69) is 0 Å². The Labute approximate surface area is 67.8 Å². The van der Waals surface area contributed by atoms with Crippen LogP contribution in [-0.2, 0) is 9.78 Å². The lowest BCUT2D eigenvalue weighted by Gasteiger charge is -2.02. The molecule has 0 aromatic rings. The third-order valence-corrected chi connectivity index (χ3v) is 2.68. The molecule has 1 heterocycles. The van der Waals surface area contributed by atoms with Gasteiger partial charge in [-0.1, -0.05) is 25.7 Å². The molecule has 0 bridgehead atoms. The Morgan fingerprint density at radius 3 is 1.55 bits per heavy atom. The van der Waals surface area contributed by atoms with Crippen molar-refractivity contribution in [3.05, 3.63) is 0 Å². The average Bonchev–Trinajstić information content (AvgIpc) is 2.70. The maximum Gasteiger partial charge on any atom is 0.234 e. The second kappa shape index (κ2) is 3.11. The Hall–Kier alpha value is -0.0800. The molecule has 0 radical (unpaired) electrons. The molecular formula is C9H16O2. The van der Waals surface area contributed by atoms with Crippen LogP contribution in [0.1, 0.15) is 51.4 Å². The molecule has 1 saturated carbocycles. The molecule has 2 aliphatic rings. The number of rotatable bonds is 0. The van der Waals surface area contributed by atoms with Crippen molar-refractivity contribution in [3.8, 4) is 0 Å². The van der Waals surface area contributed by atoms with Crippen molar-refractivity contribution in [1.82, 2.24) is 0 Å². The SMILES string of the molecule is C1CCCCC2(CCC1)OO2. The summed E-state index contributed by atoms with van der Waals surface area (Å²) in [7, 11) is 0. The molecule has 0 atom stereocenters. The fraction of sp³-hybridized carbons (Fsp3) is 1.00. The molecule has 2 nitrogen and oxygen atoms in total. The van der Waals surface area contributed by atoms with Gasteiger partial charge in [-0.2, -0.15) is 9.78 Å². The maximum atomic E-state index is 5.03. The molecule has 2 fully saturated rings. The first-order valence-electron chi connectivity index (χ1n) is 4.78. The first kappa shape index (κ1) is 7.56. The largest absolute Gasteiger partial charge is 0.234 e. The van der Waals surface area contributed by atoms with Gasteiger partial charge in [0.15, 0.2) is 0 Å². The van der Waals surface area contributed by atoms with E-state index in [-0.39, 0.29) is 5.79 Å². The maximum absolute atomic E-state index is 5.03. The summed E-state index contributed by atoms with van der Waals surface area (Å²) in [5.41, 5.74) is 0. The Bertz CT molecular complexity index is 118. The minimum atomic E-state index is -0.107. The van der Waals surface area contributed by atoms with Crippen molar-refractivity contribution in [3.63, 3.8) is 0 Å². The summed E-state index contributed by atoms with van der Waals surface area (Å²) >= 11 is 0. The van der Waals surface area contributed by atoms with Crippen LogP contribution in [0.5, 0.6) is 0 Å². The van der Waals surface area contributed by atoms with E-state index in [9.17, 15) is 0 Å². The topological polar surface area (TPSA) is 25.1 Å². The van der Waals surface area contributed by atoms with Crippen molar-refractivity contribution in [1.29, 1.82) is 0 Å². The lowest BCUT2D eigenvalue weighted by molar-refractivity contribution is 0.0850. The van der Waals surface area contributed by atoms with Crippen LogP contribution in [0, 0.1) is 0 Å². The lowest BCUT2D eigenvalue weighted by atomic mass is 10.1. The highest BCUT2D eigenvalue weighted by atomic mass is 17.4. The van der Waals surface area contributed by atoms with Crippen molar-refractivity contribution in [2.75, 3.05) is 0 Å². The molecule has 0 N–H and O–H groups in total. The van der Waals surface area contributed by atoms with E-state index in [1.807, 2.05) is 0 Å². The Balaban J connectivity index is 1.82. The summed E-state index contributed by atoms with van der Waals surface area (Å²) in [6, 6.07) is 0. The summed E-state index contributed by atoms with van der Waals surface area (Å²) in [4.78, 5) is 10.1. The summed E-state index contributed by atoms with van der Waals surface area (Å²) in [5, 5.41) is 0. The fourth-order valence-electron chi connectivity index (χ4n) is 1.85. The zero-order chi connectivity index (χ0) is 7.57. The van der Waals surface area contributed by atoms with E-state index in [1.165, 1.54) is 38.5 Å². The minimum Gasteiger partial charge on any atom is -0.195 e. The van der Waals surface area contributed by atoms with Crippen LogP contribution in [0.2, 0.25) is 0 Å². The zero-order valence-corrected chi connectivity index (χ0v) is 6.97. The Morgan fingerprint density at radius 2 is 1.09 bits per heavy atom. The predicted molar refractivity (Wildman–Crippen MR) is 41.8 cm³/mol. The molecule has 11 heavy (non-hydrogen) atoms. The molecule has 1 aliphatic carbocycles. The first-order valence-corrected chi connectivity index (χ1v) is 4.78. The van der Waals surface area contributed by atoms with E-state index in [1.54, 1.807) is 0 Å². The molecule has 0 unspecified atom stereocenters. The van der Waals surface area contributed by atoms with Gasteiger partial charge in [-0.3, -0.25) is 0 Å². The molecule has 2 rings (SSSR count). The van der Waals surface area contributed by atoms with Crippen LogP contribution >= 0.6 is 0 Å². The van der Waals surface area contributed by atoms with Gasteiger partial charge in [-0.15, -0.1) is 0 Å². The van der Waals surface area contributed by atoms with Gasteiger partial charge in [-0.05, 0) is 12.8 Å². The van der Waals surface area contributed by atoms with Crippen LogP contribution in [0.15, 0.2) is 0 Å². The third-order valence-electron chi connectivity index (χ3n) is 2.68. The van der Waals surface area contributed by atoms with E-state index in [4.69, 9.17) is 9.78 Å². The van der Waals surface area contributed by atoms with E-state index >= 15 is 0 Å². The Kier molecular flexibility index (Phi) is 2.14. The molecule has 1 saturated heterocycles. The van der Waals surface area contributed by atoms with Crippen LogP contribution in [0.4, 0.5) is 0 Å². The van der Waals surface area contributed by atoms with Crippen LogP contribution in [-0.4, -0.2) is 5.79 Å². The summed E-state index contributed by atoms with van der Waals surface area (Å²) in [6.07, 6.45) is 10.3. The third kappa shape index (κ3) is 1.94. The molecule has 1 aliphatic heterocycles. The van der Waals surface area contributed by atoms with Gasteiger partial charge >= 0.3 is 0 Å². The highest BCUT2D eigenvalue weighted by Gasteiger charge is 2.47. The molecule has 0 aromatic heterocycles. The van der Waals surface area contributed by atoms with E-state index in [0.717, 1.165) is 12.8 Å². The van der Waals surface area contributed by atoms with Gasteiger partial charge in [0.25, 0.3) is 0 Å². The quantitative estimate of drug-likeness (QED) is 0.398. The second-order valence-corrected chi connectivity index (χ2v) is 3.70. The van der Waals surface area contributed by atoms with E-state index in [0.29, 0.717) is 0 Å². The van der Waals surface area contributed by atoms with Crippen LogP contribution in [0.25, 0.3) is 0 Å². The molecular weight excluding hydrogens is 140 g/mol. The van der Waals surface area contributed by atoms with Gasteiger partial charge in [0.2, 0.25) is 5.79 Å². The van der Waals surface area contributed by atoms with Crippen molar-refractivity contribution in [2.24, 2.45) is 0 Å². The molecule has 0 amide bonds. The van der Waals surface area contributed by atoms with Crippen molar-refractivity contribution in [2.45, 2.75) is 57.2 Å². The van der Waals surface area contributed by atoms with Gasteiger partial charge in [-0.25, -0.2) is 0 Å². The normalized spacial score (nSPS) is 30.5. The predicted octanol–water partition coefficient (Wildman–Crippen LogP) is 2.78. The van der Waals surface area contributed by atoms with Crippen LogP contribution in [0.3, 0.4) is 0 Å². The van der Waals surface area contributed by atoms with Gasteiger partial charge in [0.1, 0.15) is 0 Å². The minimum absolute atomic E-state index is 0.107. The van der Waals surface area contributed by atoms with Crippen molar-refractivity contribution < 1.29 is 9.78 Å². The standard InChI is InChI=1S/C9H16O2/c1-2-4-6-8-9(10-11-9)7-5-3-1/h1-8H2. The Morgan fingerprint density at radius 1 is 0.636 bits per heavy atom. The smallest absolute Gasteiger partial charge is 0.195 e. The fourth-order valence-corrected chi connectivity index (χ4v) is 1.85.